The molecule has 2 N–H and O–H groups in total. The molecule has 3 fully saturated rings. The summed E-state index contributed by atoms with van der Waals surface area (Å²) in [6.45, 7) is 17.6. The third-order valence-electron chi connectivity index (χ3n) is 14.1. The van der Waals surface area contributed by atoms with Gasteiger partial charge in [0.1, 0.15) is 23.8 Å². The van der Waals surface area contributed by atoms with Gasteiger partial charge in [-0.25, -0.2) is 4.98 Å². The Hall–Kier alpha value is -6.65. The van der Waals surface area contributed by atoms with E-state index in [-0.39, 0.29) is 30.0 Å². The summed E-state index contributed by atoms with van der Waals surface area (Å²) in [6.07, 6.45) is 3.33. The van der Waals surface area contributed by atoms with Gasteiger partial charge in [-0.2, -0.15) is 22.9 Å². The highest BCUT2D eigenvalue weighted by Gasteiger charge is 2.42. The number of aromatic nitrogens is 4. The van der Waals surface area contributed by atoms with Crippen molar-refractivity contribution in [1.29, 1.82) is 0 Å². The monoisotopic (exact) mass is 1020 g/mol. The van der Waals surface area contributed by atoms with Crippen LogP contribution in [0.4, 0.5) is 13.2 Å². The van der Waals surface area contributed by atoms with Crippen molar-refractivity contribution in [1.82, 2.24) is 50.1 Å². The van der Waals surface area contributed by atoms with Crippen LogP contribution in [0.1, 0.15) is 99.2 Å². The Morgan fingerprint density at radius 1 is 0.932 bits per heavy atom. The maximum absolute atomic E-state index is 14.1. The van der Waals surface area contributed by atoms with E-state index in [2.05, 4.69) is 81.2 Å². The zero-order valence-electron chi connectivity index (χ0n) is 42.3. The highest BCUT2D eigenvalue weighted by Crippen LogP contribution is 2.33. The van der Waals surface area contributed by atoms with Crippen molar-refractivity contribution in [2.45, 2.75) is 103 Å². The minimum absolute atomic E-state index is 0.191. The third kappa shape index (κ3) is 13.1. The van der Waals surface area contributed by atoms with Crippen LogP contribution in [0, 0.1) is 24.2 Å². The normalized spacial score (nSPS) is 18.5. The number of nitrogens with one attached hydrogen (secondary N) is 2. The highest BCUT2D eigenvalue weighted by atomic mass is 32.1. The van der Waals surface area contributed by atoms with Gasteiger partial charge in [-0.15, -0.1) is 21.5 Å². The second kappa shape index (κ2) is 23.1. The molecule has 3 saturated heterocycles. The molecule has 73 heavy (non-hydrogen) atoms. The molecule has 19 heteroatoms. The smallest absolute Gasteiger partial charge is 0.359 e. The van der Waals surface area contributed by atoms with E-state index in [1.165, 1.54) is 5.56 Å². The number of thiazole rings is 1. The second-order valence-corrected chi connectivity index (χ2v) is 21.0. The average Bonchev–Trinajstić information content (AvgIpc) is 4.17. The fourth-order valence-corrected chi connectivity index (χ4v) is 10.6. The third-order valence-corrected chi connectivity index (χ3v) is 15.0. The number of amides is 3. The van der Waals surface area contributed by atoms with E-state index in [1.54, 1.807) is 23.3 Å². The van der Waals surface area contributed by atoms with Crippen molar-refractivity contribution in [3.05, 3.63) is 112 Å². The molecular formula is C54H65F3N12O3S. The molecule has 2 atom stereocenters. The summed E-state index contributed by atoms with van der Waals surface area (Å²) in [6, 6.07) is 14.9. The van der Waals surface area contributed by atoms with E-state index in [4.69, 9.17) is 0 Å². The van der Waals surface area contributed by atoms with Crippen molar-refractivity contribution in [2.24, 2.45) is 15.5 Å². The molecule has 8 rings (SSSR count). The first kappa shape index (κ1) is 52.7. The van der Waals surface area contributed by atoms with Crippen molar-refractivity contribution >= 4 is 40.7 Å². The maximum Gasteiger partial charge on any atom is 0.453 e. The number of halogens is 3. The van der Waals surface area contributed by atoms with Crippen LogP contribution < -0.4 is 10.6 Å². The van der Waals surface area contributed by atoms with Crippen molar-refractivity contribution in [2.75, 3.05) is 59.4 Å². The summed E-state index contributed by atoms with van der Waals surface area (Å²) in [5, 5.41) is 17.4. The number of hydrogen-bond donors (Lipinski definition) is 2. The number of amidine groups is 2. The zero-order valence-corrected chi connectivity index (χ0v) is 43.2. The first-order chi connectivity index (χ1) is 34.9. The van der Waals surface area contributed by atoms with Crippen LogP contribution in [0.5, 0.6) is 0 Å². The van der Waals surface area contributed by atoms with Crippen molar-refractivity contribution in [3.63, 3.8) is 0 Å². The summed E-state index contributed by atoms with van der Waals surface area (Å²) in [5.74, 6) is 6.67. The fourth-order valence-electron chi connectivity index (χ4n) is 9.83. The number of aliphatic imine (C=N–C) groups is 1. The summed E-state index contributed by atoms with van der Waals surface area (Å²) >= 11 is 1.60. The van der Waals surface area contributed by atoms with E-state index >= 15 is 0 Å². The van der Waals surface area contributed by atoms with Crippen LogP contribution in [0.25, 0.3) is 10.4 Å². The topological polar surface area (TPSA) is 157 Å². The molecular weight excluding hydrogens is 954 g/mol. The van der Waals surface area contributed by atoms with Gasteiger partial charge in [0.05, 0.1) is 16.1 Å². The van der Waals surface area contributed by atoms with Gasteiger partial charge in [0.15, 0.2) is 5.82 Å². The largest absolute Gasteiger partial charge is 0.453 e. The van der Waals surface area contributed by atoms with Crippen LogP contribution in [0.15, 0.2) is 88.4 Å². The van der Waals surface area contributed by atoms with Gasteiger partial charge in [0, 0.05) is 96.3 Å². The Kier molecular flexibility index (Phi) is 16.6. The van der Waals surface area contributed by atoms with Gasteiger partial charge in [-0.05, 0) is 84.9 Å². The Balaban J connectivity index is 0.748. The van der Waals surface area contributed by atoms with Gasteiger partial charge >= 0.3 is 6.18 Å². The van der Waals surface area contributed by atoms with Gasteiger partial charge in [-0.3, -0.25) is 24.3 Å². The van der Waals surface area contributed by atoms with Crippen LogP contribution in [-0.4, -0.2) is 140 Å². The molecule has 3 amide bonds. The van der Waals surface area contributed by atoms with Gasteiger partial charge in [-0.1, -0.05) is 75.6 Å². The first-order valence-electron chi connectivity index (χ1n) is 25.1. The highest BCUT2D eigenvalue weighted by molar-refractivity contribution is 7.13. The number of piperazine rings is 1. The van der Waals surface area contributed by atoms with Crippen LogP contribution in [-0.2, 0) is 33.5 Å². The molecule has 2 aromatic carbocycles. The molecule has 0 saturated carbocycles. The second-order valence-electron chi connectivity index (χ2n) is 20.2. The summed E-state index contributed by atoms with van der Waals surface area (Å²) in [5.41, 5.74) is 7.01. The molecule has 15 nitrogen and oxygen atoms in total. The predicted octanol–water partition coefficient (Wildman–Crippen LogP) is 7.05. The number of carbonyl (C=O) groups is 3. The van der Waals surface area contributed by atoms with Gasteiger partial charge in [0.25, 0.3) is 5.82 Å². The number of alkyl halides is 3. The number of likely N-dealkylation sites (tertiary alicyclic amines) is 2. The lowest BCUT2D eigenvalue weighted by atomic mass is 9.85. The van der Waals surface area contributed by atoms with Crippen LogP contribution in [0.3, 0.4) is 0 Å². The first-order valence-corrected chi connectivity index (χ1v) is 26.0. The number of hydrogen-bond acceptors (Lipinski definition) is 11. The number of allylic oxidation sites excluding steroid dienone is 2. The number of aryl methyl sites for hydroxylation is 2. The number of rotatable bonds is 12. The standard InChI is InChI=1S/C54H65F3N12O3S/c1-36(9-11-38-12-16-40(17-13-38)41-23-28-66(29-24-41)46-22-21-45-62-63-52(54(55,56)57)69(45)64-46)10-20-44(58-6)67-32-30-65(31-33-67)27-25-47(70)61-49(53(3,4)5)51(72)68-26-7-8-43(68)50(71)59-34-39-14-18-42(19-15-39)48-37(2)60-35-73-48/h10,12-20,35,41,43,49H,1,7-8,21-34H2,2-6H3,(H,59,71)(H,61,70)/b20-10-,58-44?/t43-,49+/m0/s1. The van der Waals surface area contributed by atoms with E-state index in [1.807, 2.05) is 81.8 Å². The Morgan fingerprint density at radius 2 is 1.66 bits per heavy atom. The number of fused-ring (bicyclic) bond motifs is 1. The van der Waals surface area contributed by atoms with Gasteiger partial charge in [0.2, 0.25) is 17.7 Å². The van der Waals surface area contributed by atoms with E-state index in [0.29, 0.717) is 75.7 Å². The van der Waals surface area contributed by atoms with Crippen LogP contribution >= 0.6 is 11.3 Å². The molecule has 4 aliphatic heterocycles. The van der Waals surface area contributed by atoms with Crippen molar-refractivity contribution in [3.8, 4) is 22.3 Å². The molecule has 6 heterocycles. The van der Waals surface area contributed by atoms with Crippen LogP contribution in [0.2, 0.25) is 0 Å². The number of nitrogens with zero attached hydrogens (tertiary/aromatic N) is 10. The predicted molar refractivity (Wildman–Crippen MR) is 278 cm³/mol. The lowest BCUT2D eigenvalue weighted by molar-refractivity contribution is -0.147. The molecule has 0 bridgehead atoms. The van der Waals surface area contributed by atoms with E-state index in [9.17, 15) is 27.6 Å². The Bertz CT molecular complexity index is 2780. The fraction of sp³-hybridized carbons (Fsp3) is 0.481. The molecule has 0 aliphatic carbocycles. The van der Waals surface area contributed by atoms with E-state index < -0.39 is 29.5 Å². The summed E-state index contributed by atoms with van der Waals surface area (Å²) in [4.78, 5) is 59.3. The molecule has 386 valence electrons. The molecule has 2 aromatic heterocycles. The Morgan fingerprint density at radius 3 is 2.32 bits per heavy atom. The van der Waals surface area contributed by atoms with Crippen molar-refractivity contribution < 1.29 is 27.6 Å². The lowest BCUT2D eigenvalue weighted by Gasteiger charge is -2.37. The number of piperidine rings is 1. The molecule has 4 aliphatic rings. The molecule has 0 spiro atoms. The maximum atomic E-state index is 14.1. The molecule has 0 unspecified atom stereocenters. The molecule has 4 aromatic rings. The Labute approximate surface area is 429 Å². The summed E-state index contributed by atoms with van der Waals surface area (Å²) < 4.78 is 41.1. The zero-order chi connectivity index (χ0) is 51.9. The van der Waals surface area contributed by atoms with Gasteiger partial charge < -0.3 is 25.3 Å². The number of carbonyl (C=O) groups excluding carboxylic acids is 3. The summed E-state index contributed by atoms with van der Waals surface area (Å²) in [7, 11) is 1.76. The number of benzene rings is 2. The van der Waals surface area contributed by atoms with E-state index in [0.717, 1.165) is 76.8 Å². The quantitative estimate of drug-likeness (QED) is 0.0657. The lowest BCUT2D eigenvalue weighted by Crippen LogP contribution is -2.58. The average molecular weight is 1020 g/mol. The SMILES string of the molecule is C=C(C#Cc1ccc(C2CCN(C3=Nn4c(nnc4C(F)(F)F)CC3)CC2)cc1)/C=C\C(=NC)N1CCN(CCC(=O)N[C@H](C(=O)N2CCC[C@H]2C(=O)NCc2ccc(-c3scnc3C)cc2)C(C)(C)C)CC1. The minimum Gasteiger partial charge on any atom is -0.359 e. The minimum atomic E-state index is -4.61. The molecule has 0 radical (unpaired) electrons.